The standard InChI is InChI=1S/C26H42N4O2/c1-18(2)29(19(3)4)13-14-30-23-11-9-21(10-12-25(31)28-32)16-22(23)27-24(30)15-20(5)17-26(6,7)8/h9-12,16,18-20,32H,13-15,17H2,1-8H3,(H,28,31)/b12-10+. The number of amides is 1. The molecule has 2 rings (SSSR count). The van der Waals surface area contributed by atoms with Crippen molar-refractivity contribution in [3.8, 4) is 0 Å². The van der Waals surface area contributed by atoms with Crippen molar-refractivity contribution < 1.29 is 10.0 Å². The third-order valence-corrected chi connectivity index (χ3v) is 5.79. The number of rotatable bonds is 10. The Balaban J connectivity index is 2.39. The number of carbonyl (C=O) groups excluding carboxylic acids is 1. The predicted octanol–water partition coefficient (Wildman–Crippen LogP) is 5.29. The molecular weight excluding hydrogens is 400 g/mol. The minimum Gasteiger partial charge on any atom is -0.327 e. The molecule has 1 atom stereocenters. The van der Waals surface area contributed by atoms with Gasteiger partial charge in [0.15, 0.2) is 0 Å². The molecule has 178 valence electrons. The van der Waals surface area contributed by atoms with Crippen molar-refractivity contribution in [2.24, 2.45) is 11.3 Å². The Morgan fingerprint density at radius 2 is 1.84 bits per heavy atom. The van der Waals surface area contributed by atoms with Crippen LogP contribution in [0.3, 0.4) is 0 Å². The molecule has 0 radical (unpaired) electrons. The van der Waals surface area contributed by atoms with Crippen LogP contribution in [0.2, 0.25) is 0 Å². The van der Waals surface area contributed by atoms with Crippen LogP contribution in [0.25, 0.3) is 17.1 Å². The molecule has 0 fully saturated rings. The maximum atomic E-state index is 11.3. The van der Waals surface area contributed by atoms with E-state index in [4.69, 9.17) is 10.2 Å². The number of aromatic nitrogens is 2. The second-order valence-corrected chi connectivity index (χ2v) is 10.7. The Morgan fingerprint density at radius 3 is 2.41 bits per heavy atom. The summed E-state index contributed by atoms with van der Waals surface area (Å²) in [6.45, 7) is 20.0. The van der Waals surface area contributed by atoms with Gasteiger partial charge in [-0.05, 0) is 69.2 Å². The lowest BCUT2D eigenvalue weighted by Crippen LogP contribution is -2.39. The minimum absolute atomic E-state index is 0.285. The highest BCUT2D eigenvalue weighted by atomic mass is 16.5. The summed E-state index contributed by atoms with van der Waals surface area (Å²) in [5.41, 5.74) is 4.85. The molecule has 32 heavy (non-hydrogen) atoms. The third kappa shape index (κ3) is 7.45. The van der Waals surface area contributed by atoms with Crippen molar-refractivity contribution in [2.75, 3.05) is 6.54 Å². The molecule has 1 aromatic heterocycles. The molecule has 2 aromatic rings. The van der Waals surface area contributed by atoms with Crippen molar-refractivity contribution in [1.82, 2.24) is 19.9 Å². The molecule has 1 amide bonds. The van der Waals surface area contributed by atoms with Crippen LogP contribution in [0, 0.1) is 11.3 Å². The van der Waals surface area contributed by atoms with Crippen molar-refractivity contribution in [3.63, 3.8) is 0 Å². The lowest BCUT2D eigenvalue weighted by Gasteiger charge is -2.31. The molecule has 0 spiro atoms. The van der Waals surface area contributed by atoms with E-state index in [0.29, 0.717) is 18.0 Å². The average Bonchev–Trinajstić information content (AvgIpc) is 3.00. The van der Waals surface area contributed by atoms with Gasteiger partial charge >= 0.3 is 0 Å². The van der Waals surface area contributed by atoms with Crippen molar-refractivity contribution in [3.05, 3.63) is 35.7 Å². The van der Waals surface area contributed by atoms with E-state index in [2.05, 4.69) is 70.9 Å². The number of hydroxylamine groups is 1. The van der Waals surface area contributed by atoms with Crippen molar-refractivity contribution in [2.45, 2.75) is 86.9 Å². The number of carbonyl (C=O) groups is 1. The Bertz CT molecular complexity index is 914. The van der Waals surface area contributed by atoms with Crippen LogP contribution in [-0.2, 0) is 17.8 Å². The summed E-state index contributed by atoms with van der Waals surface area (Å²) < 4.78 is 2.38. The molecule has 6 heteroatoms. The van der Waals surface area contributed by atoms with E-state index < -0.39 is 5.91 Å². The van der Waals surface area contributed by atoms with Gasteiger partial charge in [-0.25, -0.2) is 10.5 Å². The summed E-state index contributed by atoms with van der Waals surface area (Å²) >= 11 is 0. The summed E-state index contributed by atoms with van der Waals surface area (Å²) in [5, 5.41) is 8.70. The smallest absolute Gasteiger partial charge is 0.267 e. The molecule has 1 heterocycles. The Kier molecular flexibility index (Phi) is 9.05. The van der Waals surface area contributed by atoms with Gasteiger partial charge in [-0.2, -0.15) is 0 Å². The summed E-state index contributed by atoms with van der Waals surface area (Å²) in [6.07, 6.45) is 5.08. The highest BCUT2D eigenvalue weighted by Gasteiger charge is 2.20. The van der Waals surface area contributed by atoms with Crippen LogP contribution < -0.4 is 5.48 Å². The number of nitrogens with zero attached hydrogens (tertiary/aromatic N) is 3. The van der Waals surface area contributed by atoms with E-state index in [-0.39, 0.29) is 5.41 Å². The molecule has 0 aliphatic carbocycles. The van der Waals surface area contributed by atoms with Gasteiger partial charge in [0, 0.05) is 37.7 Å². The second-order valence-electron chi connectivity index (χ2n) is 10.7. The van der Waals surface area contributed by atoms with Crippen molar-refractivity contribution >= 4 is 23.0 Å². The molecule has 0 bridgehead atoms. The fraction of sp³-hybridized carbons (Fsp3) is 0.615. The largest absolute Gasteiger partial charge is 0.327 e. The number of benzene rings is 1. The maximum Gasteiger partial charge on any atom is 0.267 e. The monoisotopic (exact) mass is 442 g/mol. The third-order valence-electron chi connectivity index (χ3n) is 5.79. The van der Waals surface area contributed by atoms with Crippen LogP contribution in [0.4, 0.5) is 0 Å². The SMILES string of the molecule is CC(Cc1nc2cc(/C=C/C(=O)NO)ccc2n1CCN(C(C)C)C(C)C)CC(C)(C)C. The molecule has 0 saturated carbocycles. The topological polar surface area (TPSA) is 70.4 Å². The molecule has 0 aliphatic rings. The molecular formula is C26H42N4O2. The van der Waals surface area contributed by atoms with Gasteiger partial charge in [-0.3, -0.25) is 14.9 Å². The number of nitrogens with one attached hydrogen (secondary N) is 1. The average molecular weight is 443 g/mol. The van der Waals surface area contributed by atoms with Gasteiger partial charge in [0.2, 0.25) is 0 Å². The molecule has 6 nitrogen and oxygen atoms in total. The molecule has 1 unspecified atom stereocenters. The summed E-state index contributed by atoms with van der Waals surface area (Å²) in [4.78, 5) is 18.9. The molecule has 2 N–H and O–H groups in total. The fourth-order valence-electron chi connectivity index (χ4n) is 4.67. The first kappa shape index (κ1) is 26.1. The van der Waals surface area contributed by atoms with E-state index in [1.54, 1.807) is 11.6 Å². The van der Waals surface area contributed by atoms with Gasteiger partial charge < -0.3 is 4.57 Å². The maximum absolute atomic E-state index is 11.3. The molecule has 0 aliphatic heterocycles. The summed E-state index contributed by atoms with van der Waals surface area (Å²) in [6, 6.07) is 7.07. The zero-order valence-electron chi connectivity index (χ0n) is 21.1. The zero-order chi connectivity index (χ0) is 24.1. The highest BCUT2D eigenvalue weighted by molar-refractivity contribution is 5.91. The first-order valence-electron chi connectivity index (χ1n) is 11.8. The van der Waals surface area contributed by atoms with Crippen LogP contribution in [-0.4, -0.2) is 44.2 Å². The van der Waals surface area contributed by atoms with Crippen LogP contribution in [0.1, 0.15) is 73.2 Å². The minimum atomic E-state index is -0.546. The number of hydrogen-bond acceptors (Lipinski definition) is 4. The quantitative estimate of drug-likeness (QED) is 0.298. The Hall–Kier alpha value is -2.18. The van der Waals surface area contributed by atoms with E-state index >= 15 is 0 Å². The van der Waals surface area contributed by atoms with Crippen molar-refractivity contribution in [1.29, 1.82) is 0 Å². The summed E-state index contributed by atoms with van der Waals surface area (Å²) in [7, 11) is 0. The predicted molar refractivity (Wildman–Crippen MR) is 133 cm³/mol. The number of imidazole rings is 1. The van der Waals surface area contributed by atoms with Crippen LogP contribution in [0.15, 0.2) is 24.3 Å². The Morgan fingerprint density at radius 1 is 1.19 bits per heavy atom. The van der Waals surface area contributed by atoms with E-state index in [9.17, 15) is 4.79 Å². The van der Waals surface area contributed by atoms with Crippen LogP contribution >= 0.6 is 0 Å². The normalized spacial score (nSPS) is 13.8. The first-order valence-corrected chi connectivity index (χ1v) is 11.8. The van der Waals surface area contributed by atoms with Gasteiger partial charge in [0.05, 0.1) is 11.0 Å². The van der Waals surface area contributed by atoms with E-state index in [1.807, 2.05) is 12.1 Å². The van der Waals surface area contributed by atoms with Gasteiger partial charge in [-0.15, -0.1) is 0 Å². The lowest BCUT2D eigenvalue weighted by atomic mass is 9.84. The number of fused-ring (bicyclic) bond motifs is 1. The highest BCUT2D eigenvalue weighted by Crippen LogP contribution is 2.28. The molecule has 1 aromatic carbocycles. The van der Waals surface area contributed by atoms with Crippen LogP contribution in [0.5, 0.6) is 0 Å². The van der Waals surface area contributed by atoms with E-state index in [1.165, 1.54) is 6.08 Å². The van der Waals surface area contributed by atoms with E-state index in [0.717, 1.165) is 48.4 Å². The first-order chi connectivity index (χ1) is 14.9. The second kappa shape index (κ2) is 11.1. The van der Waals surface area contributed by atoms with Gasteiger partial charge in [0.25, 0.3) is 5.91 Å². The summed E-state index contributed by atoms with van der Waals surface area (Å²) in [5.74, 6) is 1.11. The Labute approximate surface area is 193 Å². The fourth-order valence-corrected chi connectivity index (χ4v) is 4.67. The zero-order valence-corrected chi connectivity index (χ0v) is 21.1. The lowest BCUT2D eigenvalue weighted by molar-refractivity contribution is -0.124. The van der Waals surface area contributed by atoms with Gasteiger partial charge in [0.1, 0.15) is 5.82 Å². The van der Waals surface area contributed by atoms with Gasteiger partial charge in [-0.1, -0.05) is 33.8 Å². The number of hydrogen-bond donors (Lipinski definition) is 2. The molecule has 0 saturated heterocycles.